The van der Waals surface area contributed by atoms with E-state index in [0.717, 1.165) is 11.5 Å². The Balaban J connectivity index is 2.24. The maximum absolute atomic E-state index is 4.15. The van der Waals surface area contributed by atoms with E-state index in [4.69, 9.17) is 0 Å². The number of nitrogens with one attached hydrogen (secondary N) is 2. The number of aryl methyl sites for hydroxylation is 1. The predicted molar refractivity (Wildman–Crippen MR) is 64.0 cm³/mol. The Hall–Kier alpha value is -0.950. The van der Waals surface area contributed by atoms with Crippen molar-refractivity contribution in [3.8, 4) is 0 Å². The lowest BCUT2D eigenvalue weighted by Crippen LogP contribution is -1.95. The molecule has 0 bridgehead atoms. The standard InChI is InChI=1S/C8H7Br2N5/c1-4-2-7(15-14-4)12-6-3-5(9)11-8(10)13-6/h2-3H,1H3,(H2,11,12,13,14,15). The highest BCUT2D eigenvalue weighted by Gasteiger charge is 2.02. The summed E-state index contributed by atoms with van der Waals surface area (Å²) in [6.07, 6.45) is 0. The summed E-state index contributed by atoms with van der Waals surface area (Å²) < 4.78 is 1.23. The number of aromatic amines is 1. The molecule has 5 nitrogen and oxygen atoms in total. The van der Waals surface area contributed by atoms with Crippen LogP contribution in [0.15, 0.2) is 21.5 Å². The molecule has 15 heavy (non-hydrogen) atoms. The van der Waals surface area contributed by atoms with Crippen LogP contribution in [0.3, 0.4) is 0 Å². The lowest BCUT2D eigenvalue weighted by Gasteiger charge is -2.01. The third-order valence-electron chi connectivity index (χ3n) is 1.63. The predicted octanol–water partition coefficient (Wildman–Crippen LogP) is 2.78. The van der Waals surface area contributed by atoms with E-state index in [1.807, 2.05) is 13.0 Å². The summed E-state index contributed by atoms with van der Waals surface area (Å²) in [7, 11) is 0. The maximum Gasteiger partial charge on any atom is 0.199 e. The van der Waals surface area contributed by atoms with Crippen molar-refractivity contribution >= 4 is 43.5 Å². The van der Waals surface area contributed by atoms with Crippen molar-refractivity contribution in [3.05, 3.63) is 27.2 Å². The van der Waals surface area contributed by atoms with Crippen LogP contribution >= 0.6 is 31.9 Å². The van der Waals surface area contributed by atoms with E-state index in [1.54, 1.807) is 6.07 Å². The summed E-state index contributed by atoms with van der Waals surface area (Å²) in [5, 5.41) is 9.93. The smallest absolute Gasteiger partial charge is 0.199 e. The van der Waals surface area contributed by atoms with E-state index in [-0.39, 0.29) is 0 Å². The van der Waals surface area contributed by atoms with Crippen molar-refractivity contribution in [3.63, 3.8) is 0 Å². The fraction of sp³-hybridized carbons (Fsp3) is 0.125. The van der Waals surface area contributed by atoms with E-state index < -0.39 is 0 Å². The molecule has 0 amide bonds. The minimum Gasteiger partial charge on any atom is -0.323 e. The quantitative estimate of drug-likeness (QED) is 0.655. The molecule has 0 atom stereocenters. The number of rotatable bonds is 2. The first-order chi connectivity index (χ1) is 7.13. The lowest BCUT2D eigenvalue weighted by molar-refractivity contribution is 1.04. The fourth-order valence-corrected chi connectivity index (χ4v) is 2.07. The van der Waals surface area contributed by atoms with Crippen LogP contribution in [0, 0.1) is 6.92 Å². The summed E-state index contributed by atoms with van der Waals surface area (Å²) >= 11 is 6.49. The van der Waals surface area contributed by atoms with E-state index in [1.165, 1.54) is 0 Å². The summed E-state index contributed by atoms with van der Waals surface area (Å²) in [4.78, 5) is 8.18. The molecule has 78 valence electrons. The van der Waals surface area contributed by atoms with Gasteiger partial charge in [0.25, 0.3) is 0 Å². The van der Waals surface area contributed by atoms with Crippen LogP contribution in [-0.4, -0.2) is 20.2 Å². The number of nitrogens with zero attached hydrogens (tertiary/aromatic N) is 3. The Labute approximate surface area is 103 Å². The molecule has 7 heteroatoms. The number of anilines is 2. The molecule has 0 unspecified atom stereocenters. The number of hydrogen-bond donors (Lipinski definition) is 2. The van der Waals surface area contributed by atoms with Gasteiger partial charge in [0, 0.05) is 17.8 Å². The molecule has 0 aliphatic rings. The van der Waals surface area contributed by atoms with Crippen LogP contribution in [0.5, 0.6) is 0 Å². The van der Waals surface area contributed by atoms with Gasteiger partial charge in [0.05, 0.1) is 0 Å². The third-order valence-corrected chi connectivity index (χ3v) is 2.39. The van der Waals surface area contributed by atoms with E-state index in [2.05, 4.69) is 57.3 Å². The van der Waals surface area contributed by atoms with Crippen LogP contribution in [-0.2, 0) is 0 Å². The molecule has 0 saturated carbocycles. The molecule has 0 radical (unpaired) electrons. The monoisotopic (exact) mass is 331 g/mol. The first-order valence-electron chi connectivity index (χ1n) is 4.12. The summed E-state index contributed by atoms with van der Waals surface area (Å²) in [6.45, 7) is 1.93. The third kappa shape index (κ3) is 2.75. The van der Waals surface area contributed by atoms with E-state index in [0.29, 0.717) is 15.2 Å². The maximum atomic E-state index is 4.15. The van der Waals surface area contributed by atoms with Crippen molar-refractivity contribution in [1.82, 2.24) is 20.2 Å². The van der Waals surface area contributed by atoms with Gasteiger partial charge in [0.15, 0.2) is 10.6 Å². The molecule has 2 N–H and O–H groups in total. The second kappa shape index (κ2) is 4.28. The number of H-pyrrole nitrogens is 1. The van der Waals surface area contributed by atoms with Crippen molar-refractivity contribution in [2.75, 3.05) is 5.32 Å². The van der Waals surface area contributed by atoms with Crippen LogP contribution in [0.2, 0.25) is 0 Å². The van der Waals surface area contributed by atoms with Crippen LogP contribution < -0.4 is 5.32 Å². The second-order valence-electron chi connectivity index (χ2n) is 2.91. The molecule has 0 saturated heterocycles. The van der Waals surface area contributed by atoms with Gasteiger partial charge in [-0.05, 0) is 38.8 Å². The molecule has 0 fully saturated rings. The largest absolute Gasteiger partial charge is 0.323 e. The number of aromatic nitrogens is 4. The van der Waals surface area contributed by atoms with Gasteiger partial charge < -0.3 is 5.32 Å². The average Bonchev–Trinajstić information content (AvgIpc) is 2.49. The van der Waals surface area contributed by atoms with Gasteiger partial charge in [-0.25, -0.2) is 9.97 Å². The molecule has 0 spiro atoms. The van der Waals surface area contributed by atoms with Gasteiger partial charge in [-0.15, -0.1) is 0 Å². The SMILES string of the molecule is Cc1cc(Nc2cc(Br)nc(Br)n2)n[nH]1. The Morgan fingerprint density at radius 1 is 1.20 bits per heavy atom. The van der Waals surface area contributed by atoms with Gasteiger partial charge in [-0.1, -0.05) is 0 Å². The van der Waals surface area contributed by atoms with E-state index >= 15 is 0 Å². The molecular formula is C8H7Br2N5. The Bertz CT molecular complexity index is 461. The van der Waals surface area contributed by atoms with Gasteiger partial charge in [0.1, 0.15) is 10.4 Å². The minimum atomic E-state index is 0.520. The first-order valence-corrected chi connectivity index (χ1v) is 5.71. The van der Waals surface area contributed by atoms with Gasteiger partial charge >= 0.3 is 0 Å². The summed E-state index contributed by atoms with van der Waals surface area (Å²) in [5.41, 5.74) is 0.990. The summed E-state index contributed by atoms with van der Waals surface area (Å²) in [5.74, 6) is 1.40. The molecule has 0 aliphatic heterocycles. The highest BCUT2D eigenvalue weighted by molar-refractivity contribution is 9.11. The lowest BCUT2D eigenvalue weighted by atomic mass is 10.4. The van der Waals surface area contributed by atoms with Crippen molar-refractivity contribution in [1.29, 1.82) is 0 Å². The Kier molecular flexibility index (Phi) is 3.01. The number of hydrogen-bond acceptors (Lipinski definition) is 4. The Morgan fingerprint density at radius 2 is 2.00 bits per heavy atom. The van der Waals surface area contributed by atoms with Gasteiger partial charge in [0.2, 0.25) is 0 Å². The normalized spacial score (nSPS) is 10.3. The zero-order valence-electron chi connectivity index (χ0n) is 7.75. The molecule has 0 aromatic carbocycles. The molecule has 2 heterocycles. The highest BCUT2D eigenvalue weighted by Crippen LogP contribution is 2.18. The van der Waals surface area contributed by atoms with Crippen LogP contribution in [0.25, 0.3) is 0 Å². The second-order valence-corrected chi connectivity index (χ2v) is 4.43. The highest BCUT2D eigenvalue weighted by atomic mass is 79.9. The summed E-state index contributed by atoms with van der Waals surface area (Å²) in [6, 6.07) is 3.67. The molecule has 2 aromatic rings. The molecule has 2 rings (SSSR count). The minimum absolute atomic E-state index is 0.520. The molecule has 2 aromatic heterocycles. The van der Waals surface area contributed by atoms with Crippen LogP contribution in [0.1, 0.15) is 5.69 Å². The fourth-order valence-electron chi connectivity index (χ4n) is 1.07. The topological polar surface area (TPSA) is 66.5 Å². The zero-order chi connectivity index (χ0) is 10.8. The van der Waals surface area contributed by atoms with Crippen molar-refractivity contribution < 1.29 is 0 Å². The van der Waals surface area contributed by atoms with Crippen molar-refractivity contribution in [2.24, 2.45) is 0 Å². The van der Waals surface area contributed by atoms with Gasteiger partial charge in [-0.2, -0.15) is 5.10 Å². The zero-order valence-corrected chi connectivity index (χ0v) is 10.9. The average molecular weight is 333 g/mol. The van der Waals surface area contributed by atoms with Crippen molar-refractivity contribution in [2.45, 2.75) is 6.92 Å². The molecule has 0 aliphatic carbocycles. The number of halogens is 2. The Morgan fingerprint density at radius 3 is 2.60 bits per heavy atom. The van der Waals surface area contributed by atoms with Gasteiger partial charge in [-0.3, -0.25) is 5.10 Å². The van der Waals surface area contributed by atoms with Crippen LogP contribution in [0.4, 0.5) is 11.6 Å². The molecular weight excluding hydrogens is 326 g/mol. The van der Waals surface area contributed by atoms with E-state index in [9.17, 15) is 0 Å². The first kappa shape index (κ1) is 10.6.